The minimum atomic E-state index is -1.30. The van der Waals surface area contributed by atoms with Crippen LogP contribution in [0.4, 0.5) is 0 Å². The number of ketones is 1. The Kier molecular flexibility index (Phi) is 3.01. The van der Waals surface area contributed by atoms with E-state index < -0.39 is 29.3 Å². The first kappa shape index (κ1) is 17.2. The second-order valence-corrected chi connectivity index (χ2v) is 9.83. The molecule has 0 radical (unpaired) electrons. The van der Waals surface area contributed by atoms with E-state index in [4.69, 9.17) is 4.74 Å². The van der Waals surface area contributed by atoms with E-state index >= 15 is 0 Å². The number of rotatable bonds is 2. The number of ether oxygens (including phenoxy) is 1. The van der Waals surface area contributed by atoms with E-state index in [2.05, 4.69) is 7.05 Å². The lowest BCUT2D eigenvalue weighted by Gasteiger charge is -2.65. The van der Waals surface area contributed by atoms with Gasteiger partial charge < -0.3 is 29.6 Å². The van der Waals surface area contributed by atoms with Gasteiger partial charge in [-0.25, -0.2) is 0 Å². The molecule has 2 saturated carbocycles. The smallest absolute Gasteiger partial charge is 0.174 e. The van der Waals surface area contributed by atoms with Crippen LogP contribution in [0, 0.1) is 5.92 Å². The summed E-state index contributed by atoms with van der Waals surface area (Å²) < 4.78 is 6.47. The summed E-state index contributed by atoms with van der Waals surface area (Å²) in [6.07, 6.45) is -0.253. The highest BCUT2D eigenvalue weighted by Crippen LogP contribution is 2.67. The van der Waals surface area contributed by atoms with Crippen molar-refractivity contribution >= 4 is 5.78 Å². The van der Waals surface area contributed by atoms with Crippen LogP contribution in [-0.4, -0.2) is 74.7 Å². The molecule has 150 valence electrons. The molecular formula is C21H26NO6+. The molecule has 1 aromatic rings. The fourth-order valence-electron chi connectivity index (χ4n) is 7.13. The minimum Gasteiger partial charge on any atom is -0.504 e. The Morgan fingerprint density at radius 3 is 2.75 bits per heavy atom. The van der Waals surface area contributed by atoms with Gasteiger partial charge in [-0.3, -0.25) is 4.79 Å². The van der Waals surface area contributed by atoms with Crippen molar-refractivity contribution in [2.45, 2.75) is 61.1 Å². The van der Waals surface area contributed by atoms with E-state index in [-0.39, 0.29) is 42.1 Å². The van der Waals surface area contributed by atoms with Crippen LogP contribution in [0.2, 0.25) is 0 Å². The Hall–Kier alpha value is -1.67. The summed E-state index contributed by atoms with van der Waals surface area (Å²) >= 11 is 0. The molecule has 3 fully saturated rings. The molecule has 2 bridgehead atoms. The monoisotopic (exact) mass is 388 g/mol. The molecule has 4 N–H and O–H groups in total. The van der Waals surface area contributed by atoms with Crippen molar-refractivity contribution in [2.75, 3.05) is 20.1 Å². The molecule has 6 rings (SSSR count). The molecule has 28 heavy (non-hydrogen) atoms. The summed E-state index contributed by atoms with van der Waals surface area (Å²) in [4.78, 5) is 12.8. The first-order chi connectivity index (χ1) is 13.2. The zero-order valence-corrected chi connectivity index (χ0v) is 15.8. The van der Waals surface area contributed by atoms with E-state index in [1.54, 1.807) is 6.07 Å². The van der Waals surface area contributed by atoms with Gasteiger partial charge in [0, 0.05) is 24.3 Å². The highest BCUT2D eigenvalue weighted by Gasteiger charge is 2.78. The topological polar surface area (TPSA) is 107 Å². The van der Waals surface area contributed by atoms with Gasteiger partial charge in [0.15, 0.2) is 23.4 Å². The van der Waals surface area contributed by atoms with Crippen molar-refractivity contribution in [2.24, 2.45) is 5.92 Å². The number of phenolic OH excluding ortho intramolecular Hbond substituents is 1. The van der Waals surface area contributed by atoms with E-state index in [9.17, 15) is 25.2 Å². The number of likely N-dealkylation sites (tertiary alicyclic amines) is 1. The number of nitrogens with zero attached hydrogens (tertiary/aromatic N) is 1. The number of Topliss-reactive ketones (excluding diaryl/α,β-unsaturated/α-hetero) is 1. The zero-order chi connectivity index (χ0) is 19.6. The second kappa shape index (κ2) is 4.90. The van der Waals surface area contributed by atoms with Crippen LogP contribution in [0.1, 0.15) is 42.9 Å². The standard InChI is InChI=1S/C21H25NO6/c1-22(9-10-8-14(10)25)7-6-20-15-11-2-3-12(23)17(15)28-19(20)13(24)4-5-21(20,27)18(22)16(11)26/h2-3,10,14,16,18-19,25-27H,4-9H2,1H3/p+1/t10?,14?,16?,18-,19+,20+,21-,22-/m1/s1. The Morgan fingerprint density at radius 2 is 2.04 bits per heavy atom. The van der Waals surface area contributed by atoms with Crippen molar-refractivity contribution in [1.82, 2.24) is 0 Å². The molecule has 0 amide bonds. The first-order valence-electron chi connectivity index (χ1n) is 10.2. The fourth-order valence-corrected chi connectivity index (χ4v) is 7.13. The SMILES string of the molecule is C[N@+]1(CC2CC2O)CC[C@]23c4c5ccc(O)c4O[C@H]2C(=O)CC[C@@]3(O)[C@H]1C5O. The maximum atomic E-state index is 12.8. The lowest BCUT2D eigenvalue weighted by Crippen LogP contribution is -2.81. The van der Waals surface area contributed by atoms with Crippen molar-refractivity contribution in [3.05, 3.63) is 23.3 Å². The molecule has 3 unspecified atom stereocenters. The van der Waals surface area contributed by atoms with Crippen LogP contribution in [0.25, 0.3) is 0 Å². The Balaban J connectivity index is 1.60. The number of piperidine rings is 1. The van der Waals surface area contributed by atoms with Crippen LogP contribution in [0.3, 0.4) is 0 Å². The van der Waals surface area contributed by atoms with Crippen LogP contribution >= 0.6 is 0 Å². The van der Waals surface area contributed by atoms with Crippen LogP contribution in [0.5, 0.6) is 11.5 Å². The number of carbonyl (C=O) groups is 1. The summed E-state index contributed by atoms with van der Waals surface area (Å²) in [6, 6.07) is 2.71. The van der Waals surface area contributed by atoms with Gasteiger partial charge in [0.2, 0.25) is 0 Å². The molecule has 5 aliphatic rings. The highest BCUT2D eigenvalue weighted by molar-refractivity contribution is 5.90. The number of aliphatic hydroxyl groups is 3. The average molecular weight is 388 g/mol. The van der Waals surface area contributed by atoms with E-state index in [0.717, 1.165) is 6.42 Å². The van der Waals surface area contributed by atoms with E-state index in [0.29, 0.717) is 35.1 Å². The highest BCUT2D eigenvalue weighted by atomic mass is 16.5. The Bertz CT molecular complexity index is 918. The summed E-state index contributed by atoms with van der Waals surface area (Å²) in [5, 5.41) is 43.9. The van der Waals surface area contributed by atoms with Gasteiger partial charge in [-0.15, -0.1) is 0 Å². The fraction of sp³-hybridized carbons (Fsp3) is 0.667. The number of carbonyl (C=O) groups excluding carboxylic acids is 1. The maximum Gasteiger partial charge on any atom is 0.174 e. The number of hydrogen-bond donors (Lipinski definition) is 4. The normalized spacial score (nSPS) is 50.1. The van der Waals surface area contributed by atoms with Gasteiger partial charge in [0.1, 0.15) is 17.7 Å². The van der Waals surface area contributed by atoms with Crippen LogP contribution in [-0.2, 0) is 10.2 Å². The van der Waals surface area contributed by atoms with Crippen molar-refractivity contribution in [3.63, 3.8) is 0 Å². The number of phenols is 1. The molecule has 7 nitrogen and oxygen atoms in total. The van der Waals surface area contributed by atoms with Crippen molar-refractivity contribution in [3.8, 4) is 11.5 Å². The Morgan fingerprint density at radius 1 is 1.29 bits per heavy atom. The molecule has 2 aliphatic heterocycles. The van der Waals surface area contributed by atoms with Gasteiger partial charge in [0.25, 0.3) is 0 Å². The number of aromatic hydroxyl groups is 1. The molecule has 7 heteroatoms. The minimum absolute atomic E-state index is 0.0462. The molecule has 1 saturated heterocycles. The molecule has 2 heterocycles. The molecule has 1 spiro atoms. The summed E-state index contributed by atoms with van der Waals surface area (Å²) in [6.45, 7) is 1.37. The maximum absolute atomic E-state index is 12.8. The zero-order valence-electron chi connectivity index (χ0n) is 15.8. The van der Waals surface area contributed by atoms with Crippen LogP contribution in [0.15, 0.2) is 12.1 Å². The molecule has 3 aliphatic carbocycles. The third kappa shape index (κ3) is 1.70. The van der Waals surface area contributed by atoms with Crippen molar-refractivity contribution < 1.29 is 34.4 Å². The third-order valence-electron chi connectivity index (χ3n) is 8.45. The molecule has 0 aromatic heterocycles. The van der Waals surface area contributed by atoms with E-state index in [1.165, 1.54) is 6.07 Å². The summed E-state index contributed by atoms with van der Waals surface area (Å²) in [7, 11) is 2.05. The molecular weight excluding hydrogens is 362 g/mol. The quantitative estimate of drug-likeness (QED) is 0.537. The lowest BCUT2D eigenvalue weighted by atomic mass is 9.48. The number of quaternary nitrogens is 1. The predicted molar refractivity (Wildman–Crippen MR) is 96.8 cm³/mol. The largest absolute Gasteiger partial charge is 0.504 e. The predicted octanol–water partition coefficient (Wildman–Crippen LogP) is 0.132. The summed E-state index contributed by atoms with van der Waals surface area (Å²) in [5.74, 6) is 0.345. The van der Waals surface area contributed by atoms with Crippen LogP contribution < -0.4 is 4.74 Å². The van der Waals surface area contributed by atoms with Crippen molar-refractivity contribution in [1.29, 1.82) is 0 Å². The number of benzene rings is 1. The summed E-state index contributed by atoms with van der Waals surface area (Å²) in [5.41, 5.74) is -0.936. The number of aliphatic hydroxyl groups excluding tert-OH is 2. The number of likely N-dealkylation sites (N-methyl/N-ethyl adjacent to an activating group) is 1. The Labute approximate surface area is 162 Å². The first-order valence-corrected chi connectivity index (χ1v) is 10.2. The third-order valence-corrected chi connectivity index (χ3v) is 8.45. The van der Waals surface area contributed by atoms with Gasteiger partial charge in [0.05, 0.1) is 31.7 Å². The van der Waals surface area contributed by atoms with Gasteiger partial charge >= 0.3 is 0 Å². The van der Waals surface area contributed by atoms with Gasteiger partial charge in [-0.05, 0) is 24.5 Å². The second-order valence-electron chi connectivity index (χ2n) is 9.83. The molecule has 1 aromatic carbocycles. The lowest BCUT2D eigenvalue weighted by molar-refractivity contribution is -0.955. The van der Waals surface area contributed by atoms with Gasteiger partial charge in [-0.2, -0.15) is 0 Å². The average Bonchev–Trinajstić information content (AvgIpc) is 3.18. The molecule has 8 atom stereocenters. The van der Waals surface area contributed by atoms with Gasteiger partial charge in [-0.1, -0.05) is 6.07 Å². The van der Waals surface area contributed by atoms with E-state index in [1.807, 2.05) is 0 Å². The number of hydrogen-bond acceptors (Lipinski definition) is 6.